The number of hydrogen-bond acceptors (Lipinski definition) is 4. The minimum Gasteiger partial charge on any atom is -0.509 e. The van der Waals surface area contributed by atoms with Crippen molar-refractivity contribution in [3.05, 3.63) is 331 Å². The Morgan fingerprint density at radius 1 is 0.409 bits per heavy atom. The average Bonchev–Trinajstić information content (AvgIpc) is 1.50. The van der Waals surface area contributed by atoms with Crippen molar-refractivity contribution in [2.75, 3.05) is 9.80 Å². The van der Waals surface area contributed by atoms with Crippen molar-refractivity contribution in [3.8, 4) is 84.1 Å². The molecule has 5 nitrogen and oxygen atoms in total. The third-order valence-electron chi connectivity index (χ3n) is 19.3. The van der Waals surface area contributed by atoms with Crippen molar-refractivity contribution in [2.45, 2.75) is 57.8 Å². The molecule has 0 saturated carbocycles. The van der Waals surface area contributed by atoms with E-state index in [9.17, 15) is 0 Å². The molecule has 452 valence electrons. The van der Waals surface area contributed by atoms with E-state index in [1.54, 1.807) is 0 Å². The van der Waals surface area contributed by atoms with Crippen LogP contribution in [0.25, 0.3) is 94.4 Å². The molecule has 0 saturated heterocycles. The summed E-state index contributed by atoms with van der Waals surface area (Å²) in [6, 6.07) is 107. The van der Waals surface area contributed by atoms with Crippen LogP contribution in [0.2, 0.25) is 0 Å². The second-order valence-electron chi connectivity index (χ2n) is 26.7. The molecular formula is C87H65N4OPt-3. The van der Waals surface area contributed by atoms with Crippen LogP contribution in [0.4, 0.5) is 22.7 Å². The van der Waals surface area contributed by atoms with Gasteiger partial charge in [0.2, 0.25) is 0 Å². The Balaban J connectivity index is 0.00000686. The molecule has 0 amide bonds. The van der Waals surface area contributed by atoms with E-state index in [-0.39, 0.29) is 31.9 Å². The second kappa shape index (κ2) is 22.2. The van der Waals surface area contributed by atoms with Gasteiger partial charge in [0.15, 0.2) is 0 Å². The summed E-state index contributed by atoms with van der Waals surface area (Å²) in [4.78, 5) is 9.77. The molecule has 93 heavy (non-hydrogen) atoms. The van der Waals surface area contributed by atoms with Gasteiger partial charge in [-0.05, 0) is 142 Å². The molecule has 14 aromatic rings. The molecule has 0 radical (unpaired) electrons. The summed E-state index contributed by atoms with van der Waals surface area (Å²) in [7, 11) is 0. The predicted molar refractivity (Wildman–Crippen MR) is 380 cm³/mol. The van der Waals surface area contributed by atoms with E-state index in [1.165, 1.54) is 83.3 Å². The van der Waals surface area contributed by atoms with E-state index >= 15 is 0 Å². The fourth-order valence-electron chi connectivity index (χ4n) is 14.9. The normalized spacial score (nSPS) is 13.4. The molecule has 0 atom stereocenters. The molecular weight excluding hydrogens is 1310 g/mol. The second-order valence-corrected chi connectivity index (χ2v) is 26.7. The number of aromatic nitrogens is 2. The Kier molecular flexibility index (Phi) is 13.8. The Bertz CT molecular complexity index is 5220. The van der Waals surface area contributed by atoms with Crippen molar-refractivity contribution in [3.63, 3.8) is 0 Å². The topological polar surface area (TPSA) is 33.5 Å². The van der Waals surface area contributed by atoms with Crippen molar-refractivity contribution in [1.29, 1.82) is 0 Å². The first kappa shape index (κ1) is 57.8. The first-order valence-corrected chi connectivity index (χ1v) is 31.9. The molecule has 12 aromatic carbocycles. The monoisotopic (exact) mass is 1380 g/mol. The van der Waals surface area contributed by atoms with Gasteiger partial charge in [-0.1, -0.05) is 253 Å². The molecule has 0 bridgehead atoms. The fourth-order valence-corrected chi connectivity index (χ4v) is 14.9. The zero-order chi connectivity index (χ0) is 62.0. The van der Waals surface area contributed by atoms with Gasteiger partial charge in [-0.15, -0.1) is 48.1 Å². The fraction of sp³-hybridized carbons (Fsp3) is 0.103. The van der Waals surface area contributed by atoms with Crippen LogP contribution in [0, 0.1) is 18.8 Å². The van der Waals surface area contributed by atoms with Crippen molar-refractivity contribution >= 4 is 44.6 Å². The van der Waals surface area contributed by atoms with Gasteiger partial charge in [-0.25, -0.2) is 4.98 Å². The Labute approximate surface area is 559 Å². The number of rotatable bonds is 9. The average molecular weight is 1380 g/mol. The molecule has 1 aliphatic heterocycles. The van der Waals surface area contributed by atoms with Crippen LogP contribution in [0.5, 0.6) is 11.5 Å². The Hall–Kier alpha value is -10.3. The van der Waals surface area contributed by atoms with Crippen LogP contribution in [0.3, 0.4) is 0 Å². The number of fused-ring (bicyclic) bond motifs is 15. The van der Waals surface area contributed by atoms with Crippen molar-refractivity contribution in [2.24, 2.45) is 0 Å². The maximum Gasteiger partial charge on any atom is 0.135 e. The van der Waals surface area contributed by atoms with Gasteiger partial charge in [0.1, 0.15) is 5.82 Å². The standard InChI is InChI=1S/C87H65N4O.Pt/c1-85(2,3)62-47-48-88-81(52-62)91-79-46-45-76-82(71-31-15-18-36-75(71)87(76)73-34-16-13-29-69(73)70-30-14-17-35-74(70)87)83(79)72-44-43-66(54-80(72)91)92-65-28-21-27-64(53-65)89-55-90(78-38-20-19-37-77(78)89)84-67(59-41-39-58(40-42-59)56-23-9-7-10-24-56)32-22-33-68(84)61-49-60(57-25-11-8-12-26-57)50-63(51-61)86(4,5)6;/h7-52,55H,1-6H3;/q-3;. The number of benzene rings is 12. The van der Waals surface area contributed by atoms with Crippen LogP contribution in [-0.2, 0) is 37.3 Å². The third-order valence-corrected chi connectivity index (χ3v) is 19.3. The van der Waals surface area contributed by atoms with Crippen LogP contribution in [0.15, 0.2) is 279 Å². The zero-order valence-corrected chi connectivity index (χ0v) is 54.9. The first-order valence-electron chi connectivity index (χ1n) is 31.9. The van der Waals surface area contributed by atoms with Gasteiger partial charge in [0.25, 0.3) is 0 Å². The summed E-state index contributed by atoms with van der Waals surface area (Å²) < 4.78 is 9.34. The summed E-state index contributed by atoms with van der Waals surface area (Å²) in [6.45, 7) is 15.9. The third kappa shape index (κ3) is 9.34. The first-order chi connectivity index (χ1) is 44.9. The van der Waals surface area contributed by atoms with E-state index < -0.39 is 5.41 Å². The molecule has 0 N–H and O–H groups in total. The number of pyridine rings is 1. The molecule has 17 rings (SSSR count). The summed E-state index contributed by atoms with van der Waals surface area (Å²) in [5.41, 5.74) is 27.2. The van der Waals surface area contributed by atoms with E-state index in [2.05, 4.69) is 342 Å². The van der Waals surface area contributed by atoms with Gasteiger partial charge >= 0.3 is 0 Å². The maximum absolute atomic E-state index is 7.04. The summed E-state index contributed by atoms with van der Waals surface area (Å²) in [5, 5.41) is 2.25. The molecule has 3 aliphatic rings. The van der Waals surface area contributed by atoms with Crippen LogP contribution in [0.1, 0.15) is 74.9 Å². The molecule has 0 fully saturated rings. The minimum absolute atomic E-state index is 0. The van der Waals surface area contributed by atoms with Gasteiger partial charge in [0.05, 0.1) is 5.41 Å². The summed E-state index contributed by atoms with van der Waals surface area (Å²) >= 11 is 0. The Morgan fingerprint density at radius 3 is 1.62 bits per heavy atom. The van der Waals surface area contributed by atoms with Gasteiger partial charge in [-0.2, -0.15) is 12.1 Å². The molecule has 2 aromatic heterocycles. The zero-order valence-electron chi connectivity index (χ0n) is 52.6. The molecule has 6 heteroatoms. The van der Waals surface area contributed by atoms with Crippen LogP contribution < -0.4 is 14.5 Å². The van der Waals surface area contributed by atoms with Crippen LogP contribution in [-0.4, -0.2) is 9.55 Å². The molecule has 3 heterocycles. The van der Waals surface area contributed by atoms with E-state index in [0.717, 1.165) is 67.2 Å². The van der Waals surface area contributed by atoms with Crippen LogP contribution >= 0.6 is 0 Å². The van der Waals surface area contributed by atoms with Gasteiger partial charge in [-0.3, -0.25) is 0 Å². The summed E-state index contributed by atoms with van der Waals surface area (Å²) in [6.07, 6.45) is 1.95. The number of ether oxygens (including phenoxy) is 1. The van der Waals surface area contributed by atoms with Crippen molar-refractivity contribution in [1.82, 2.24) is 9.55 Å². The minimum atomic E-state index is -0.491. The van der Waals surface area contributed by atoms with Gasteiger partial charge < -0.3 is 19.1 Å². The Morgan fingerprint density at radius 2 is 0.946 bits per heavy atom. The maximum atomic E-state index is 7.04. The summed E-state index contributed by atoms with van der Waals surface area (Å²) in [5.74, 6) is 1.98. The SMILES string of the molecule is CC(C)(C)c1cc(-c2ccccc2)cc(-c2cccc(-c3ccc(-c4ccccc4)cc3)c2N2[CH-]N(c3[c-]c(Oc4[c-]c5c(cc4)c4c6c(ccc4n5-c4cc(C(C)(C)C)ccn4)C4(c5ccccc5-c5ccccc54)c4ccccc4-6)ccc3)c3ccccc32)c1.[Pt]. The number of anilines is 4. The molecule has 0 unspecified atom stereocenters. The van der Waals surface area contributed by atoms with E-state index in [4.69, 9.17) is 9.72 Å². The van der Waals surface area contributed by atoms with Crippen molar-refractivity contribution < 1.29 is 25.8 Å². The molecule has 2 aliphatic carbocycles. The smallest absolute Gasteiger partial charge is 0.135 e. The largest absolute Gasteiger partial charge is 0.509 e. The van der Waals surface area contributed by atoms with E-state index in [0.29, 0.717) is 11.5 Å². The number of para-hydroxylation sites is 3. The van der Waals surface area contributed by atoms with Gasteiger partial charge in [0, 0.05) is 72.5 Å². The number of nitrogens with zero attached hydrogens (tertiary/aromatic N) is 4. The molecule has 1 spiro atoms. The number of hydrogen-bond donors (Lipinski definition) is 0. The predicted octanol–water partition coefficient (Wildman–Crippen LogP) is 22.6. The quantitative estimate of drug-likeness (QED) is 0.135. The van der Waals surface area contributed by atoms with E-state index in [1.807, 2.05) is 12.3 Å².